The highest BCUT2D eigenvalue weighted by atomic mass is 32.1. The Morgan fingerprint density at radius 2 is 1.87 bits per heavy atom. The number of aromatic nitrogens is 1. The van der Waals surface area contributed by atoms with Crippen LogP contribution in [0.15, 0.2) is 51.7 Å². The number of hydrogen-bond donors (Lipinski definition) is 0. The highest BCUT2D eigenvalue weighted by Crippen LogP contribution is 2.32. The van der Waals surface area contributed by atoms with Crippen LogP contribution in [0.25, 0.3) is 21.2 Å². The maximum absolute atomic E-state index is 13.5. The predicted octanol–water partition coefficient (Wildman–Crippen LogP) is 4.23. The number of fused-ring (bicyclic) bond motifs is 2. The molecule has 0 aliphatic rings. The van der Waals surface area contributed by atoms with Crippen molar-refractivity contribution in [2.45, 2.75) is 13.8 Å². The third-order valence-corrected chi connectivity index (χ3v) is 5.96. The Balaban J connectivity index is 1.81. The molecular weight excluding hydrogens is 398 g/mol. The van der Waals surface area contributed by atoms with E-state index in [1.165, 1.54) is 11.3 Å². The molecule has 2 heterocycles. The fourth-order valence-corrected chi connectivity index (χ4v) is 4.58. The molecule has 0 spiro atoms. The summed E-state index contributed by atoms with van der Waals surface area (Å²) in [5, 5.41) is 1.29. The number of aryl methyl sites for hydroxylation is 2. The standard InChI is InChI=1S/C23H23N3O3S/c1-14-11-15(2)20-19(12-14)30-23(24-20)26(10-9-25(3)4)21(27)17-13-16-7-5-6-8-18(16)29-22(17)28/h5-8,11-13H,9-10H2,1-4H3. The van der Waals surface area contributed by atoms with E-state index < -0.39 is 11.5 Å². The molecule has 0 N–H and O–H groups in total. The Morgan fingerprint density at radius 3 is 2.63 bits per heavy atom. The molecule has 0 aliphatic carbocycles. The molecule has 0 unspecified atom stereocenters. The van der Waals surface area contributed by atoms with Crippen LogP contribution in [0.1, 0.15) is 21.5 Å². The maximum atomic E-state index is 13.5. The quantitative estimate of drug-likeness (QED) is 0.451. The number of hydrogen-bond acceptors (Lipinski definition) is 6. The van der Waals surface area contributed by atoms with Crippen LogP contribution in [0.4, 0.5) is 5.13 Å². The van der Waals surface area contributed by atoms with Gasteiger partial charge in [-0.25, -0.2) is 9.78 Å². The zero-order valence-corrected chi connectivity index (χ0v) is 18.2. The number of likely N-dealkylation sites (N-methyl/N-ethyl adjacent to an activating group) is 1. The summed E-state index contributed by atoms with van der Waals surface area (Å²) in [6.07, 6.45) is 0. The summed E-state index contributed by atoms with van der Waals surface area (Å²) in [5.74, 6) is -0.398. The van der Waals surface area contributed by atoms with Gasteiger partial charge in [-0.1, -0.05) is 35.6 Å². The van der Waals surface area contributed by atoms with E-state index in [1.54, 1.807) is 23.1 Å². The predicted molar refractivity (Wildman–Crippen MR) is 122 cm³/mol. The highest BCUT2D eigenvalue weighted by molar-refractivity contribution is 7.22. The lowest BCUT2D eigenvalue weighted by atomic mass is 10.1. The first-order chi connectivity index (χ1) is 14.3. The number of carbonyl (C=O) groups excluding carboxylic acids is 1. The first-order valence-corrected chi connectivity index (χ1v) is 10.5. The average molecular weight is 422 g/mol. The van der Waals surface area contributed by atoms with Crippen LogP contribution in [0.2, 0.25) is 0 Å². The van der Waals surface area contributed by atoms with Gasteiger partial charge >= 0.3 is 5.63 Å². The van der Waals surface area contributed by atoms with Crippen molar-refractivity contribution < 1.29 is 9.21 Å². The number of benzene rings is 2. The Labute approximate surface area is 178 Å². The molecule has 0 aliphatic heterocycles. The van der Waals surface area contributed by atoms with E-state index >= 15 is 0 Å². The molecule has 0 atom stereocenters. The minimum absolute atomic E-state index is 0.0135. The summed E-state index contributed by atoms with van der Waals surface area (Å²) in [6.45, 7) is 5.11. The van der Waals surface area contributed by atoms with E-state index in [1.807, 2.05) is 45.0 Å². The second-order valence-electron chi connectivity index (χ2n) is 7.67. The second kappa shape index (κ2) is 8.01. The molecule has 0 bridgehead atoms. The van der Waals surface area contributed by atoms with E-state index in [9.17, 15) is 9.59 Å². The average Bonchev–Trinajstić information content (AvgIpc) is 3.11. The van der Waals surface area contributed by atoms with Crippen molar-refractivity contribution >= 4 is 43.6 Å². The zero-order valence-electron chi connectivity index (χ0n) is 17.4. The Kier molecular flexibility index (Phi) is 5.40. The van der Waals surface area contributed by atoms with Gasteiger partial charge < -0.3 is 9.32 Å². The number of para-hydroxylation sites is 1. The van der Waals surface area contributed by atoms with Gasteiger partial charge in [0.25, 0.3) is 5.91 Å². The minimum Gasteiger partial charge on any atom is -0.422 e. The molecule has 0 fully saturated rings. The summed E-state index contributed by atoms with van der Waals surface area (Å²) >= 11 is 1.46. The normalized spacial score (nSPS) is 11.5. The first kappa shape index (κ1) is 20.3. The summed E-state index contributed by atoms with van der Waals surface area (Å²) in [4.78, 5) is 34.4. The summed E-state index contributed by atoms with van der Waals surface area (Å²) in [5.41, 5.74) is 2.94. The van der Waals surface area contributed by atoms with Crippen molar-refractivity contribution in [2.24, 2.45) is 0 Å². The lowest BCUT2D eigenvalue weighted by molar-refractivity contribution is 0.0982. The zero-order chi connectivity index (χ0) is 21.4. The fourth-order valence-electron chi connectivity index (χ4n) is 3.41. The van der Waals surface area contributed by atoms with Gasteiger partial charge in [0.15, 0.2) is 5.13 Å². The fraction of sp³-hybridized carbons (Fsp3) is 0.261. The van der Waals surface area contributed by atoms with Gasteiger partial charge in [0.1, 0.15) is 11.1 Å². The number of nitrogens with zero attached hydrogens (tertiary/aromatic N) is 3. The molecule has 0 saturated carbocycles. The number of thiazole rings is 1. The second-order valence-corrected chi connectivity index (χ2v) is 8.68. The van der Waals surface area contributed by atoms with Crippen molar-refractivity contribution in [1.29, 1.82) is 0 Å². The molecule has 1 amide bonds. The van der Waals surface area contributed by atoms with Gasteiger partial charge in [-0.05, 0) is 57.3 Å². The van der Waals surface area contributed by atoms with Crippen LogP contribution in [-0.2, 0) is 0 Å². The van der Waals surface area contributed by atoms with Gasteiger partial charge in [-0.3, -0.25) is 9.69 Å². The van der Waals surface area contributed by atoms with Crippen molar-refractivity contribution in [1.82, 2.24) is 9.88 Å². The third kappa shape index (κ3) is 3.86. The molecular formula is C23H23N3O3S. The highest BCUT2D eigenvalue weighted by Gasteiger charge is 2.25. The molecule has 0 saturated heterocycles. The number of amides is 1. The van der Waals surface area contributed by atoms with E-state index in [0.29, 0.717) is 29.2 Å². The Bertz CT molecular complexity index is 1310. The number of rotatable bonds is 5. The Morgan fingerprint density at radius 1 is 1.10 bits per heavy atom. The maximum Gasteiger partial charge on any atom is 0.349 e. The van der Waals surface area contributed by atoms with Crippen molar-refractivity contribution in [3.8, 4) is 0 Å². The topological polar surface area (TPSA) is 66.7 Å². The van der Waals surface area contributed by atoms with Crippen molar-refractivity contribution in [3.05, 3.63) is 69.6 Å². The molecule has 7 heteroatoms. The van der Waals surface area contributed by atoms with Gasteiger partial charge in [0.05, 0.1) is 10.2 Å². The lowest BCUT2D eigenvalue weighted by Gasteiger charge is -2.21. The van der Waals surface area contributed by atoms with E-state index in [-0.39, 0.29) is 5.56 Å². The summed E-state index contributed by atoms with van der Waals surface area (Å²) in [7, 11) is 3.89. The monoisotopic (exact) mass is 421 g/mol. The van der Waals surface area contributed by atoms with Gasteiger partial charge in [0.2, 0.25) is 0 Å². The van der Waals surface area contributed by atoms with Crippen molar-refractivity contribution in [2.75, 3.05) is 32.1 Å². The summed E-state index contributed by atoms with van der Waals surface area (Å²) < 4.78 is 6.41. The van der Waals surface area contributed by atoms with Crippen molar-refractivity contribution in [3.63, 3.8) is 0 Å². The van der Waals surface area contributed by atoms with Gasteiger partial charge in [0, 0.05) is 18.5 Å². The molecule has 154 valence electrons. The van der Waals surface area contributed by atoms with Crippen LogP contribution in [0.3, 0.4) is 0 Å². The smallest absolute Gasteiger partial charge is 0.349 e. The van der Waals surface area contributed by atoms with Crippen LogP contribution in [0.5, 0.6) is 0 Å². The molecule has 4 aromatic rings. The number of anilines is 1. The van der Waals surface area contributed by atoms with Gasteiger partial charge in [-0.2, -0.15) is 0 Å². The molecule has 2 aromatic heterocycles. The first-order valence-electron chi connectivity index (χ1n) is 9.71. The molecule has 0 radical (unpaired) electrons. The molecule has 4 rings (SSSR count). The van der Waals surface area contributed by atoms with E-state index in [0.717, 1.165) is 21.3 Å². The van der Waals surface area contributed by atoms with Crippen LogP contribution in [-0.4, -0.2) is 43.0 Å². The van der Waals surface area contributed by atoms with E-state index in [2.05, 4.69) is 12.1 Å². The largest absolute Gasteiger partial charge is 0.422 e. The van der Waals surface area contributed by atoms with Crippen LogP contribution < -0.4 is 10.5 Å². The van der Waals surface area contributed by atoms with Crippen LogP contribution >= 0.6 is 11.3 Å². The molecule has 6 nitrogen and oxygen atoms in total. The lowest BCUT2D eigenvalue weighted by Crippen LogP contribution is -2.38. The van der Waals surface area contributed by atoms with E-state index in [4.69, 9.17) is 9.40 Å². The third-order valence-electron chi connectivity index (χ3n) is 4.94. The van der Waals surface area contributed by atoms with Gasteiger partial charge in [-0.15, -0.1) is 0 Å². The summed E-state index contributed by atoms with van der Waals surface area (Å²) in [6, 6.07) is 12.9. The molecule has 30 heavy (non-hydrogen) atoms. The number of carbonyl (C=O) groups is 1. The van der Waals surface area contributed by atoms with Crippen LogP contribution in [0, 0.1) is 13.8 Å². The minimum atomic E-state index is -0.637. The Hall–Kier alpha value is -3.03. The SMILES string of the molecule is Cc1cc(C)c2nc(N(CCN(C)C)C(=O)c3cc4ccccc4oc3=O)sc2c1. The molecule has 2 aromatic carbocycles.